The Balaban J connectivity index is 1.52. The van der Waals surface area contributed by atoms with E-state index in [1.54, 1.807) is 48.1 Å². The van der Waals surface area contributed by atoms with Crippen molar-refractivity contribution >= 4 is 23.9 Å². The number of carbonyl (C=O) groups is 3. The van der Waals surface area contributed by atoms with Crippen molar-refractivity contribution in [3.8, 4) is 11.5 Å². The van der Waals surface area contributed by atoms with Gasteiger partial charge in [-0.3, -0.25) is 14.9 Å². The van der Waals surface area contributed by atoms with E-state index in [1.807, 2.05) is 13.8 Å². The Morgan fingerprint density at radius 1 is 1.18 bits per heavy atom. The summed E-state index contributed by atoms with van der Waals surface area (Å²) in [5.74, 6) is -0.364. The molecule has 34 heavy (non-hydrogen) atoms. The van der Waals surface area contributed by atoms with Gasteiger partial charge >= 0.3 is 5.97 Å². The van der Waals surface area contributed by atoms with Gasteiger partial charge in [-0.1, -0.05) is 11.2 Å². The van der Waals surface area contributed by atoms with Crippen LogP contribution in [0.4, 0.5) is 0 Å². The van der Waals surface area contributed by atoms with Crippen LogP contribution in [0.5, 0.6) is 11.5 Å². The number of hydrogen-bond donors (Lipinski definition) is 1. The van der Waals surface area contributed by atoms with Crippen molar-refractivity contribution in [2.24, 2.45) is 7.05 Å². The van der Waals surface area contributed by atoms with Gasteiger partial charge in [0.2, 0.25) is 0 Å². The van der Waals surface area contributed by atoms with Crippen molar-refractivity contribution in [2.75, 3.05) is 13.7 Å². The fourth-order valence-electron chi connectivity index (χ4n) is 3.04. The minimum Gasteiger partial charge on any atom is -0.493 e. The standard InChI is InChI=1S/C24H25N3O7/c1-15-18(16(2)34-26-15)13-32-20-9-7-17(12-21(20)31-4)8-10-23(29)33-14-22(28)25-24(30)19-6-5-11-27(19)3/h5-12H,13-14H2,1-4H3,(H,25,28,30)/b10-8+. The highest BCUT2D eigenvalue weighted by molar-refractivity contribution is 6.04. The molecule has 178 valence electrons. The zero-order valence-corrected chi connectivity index (χ0v) is 19.3. The quantitative estimate of drug-likeness (QED) is 0.377. The van der Waals surface area contributed by atoms with Gasteiger partial charge in [0.25, 0.3) is 11.8 Å². The molecule has 10 nitrogen and oxygen atoms in total. The molecule has 0 bridgehead atoms. The summed E-state index contributed by atoms with van der Waals surface area (Å²) in [4.78, 5) is 35.8. The Labute approximate surface area is 196 Å². The second kappa shape index (κ2) is 11.0. The van der Waals surface area contributed by atoms with Crippen molar-refractivity contribution in [1.29, 1.82) is 0 Å². The van der Waals surface area contributed by atoms with E-state index in [4.69, 9.17) is 18.7 Å². The first-order valence-electron chi connectivity index (χ1n) is 10.3. The molecular formula is C24H25N3O7. The first kappa shape index (κ1) is 24.3. The van der Waals surface area contributed by atoms with E-state index in [0.29, 0.717) is 28.5 Å². The number of benzene rings is 1. The average Bonchev–Trinajstić information content (AvgIpc) is 3.39. The number of imide groups is 1. The number of aromatic nitrogens is 2. The zero-order chi connectivity index (χ0) is 24.7. The minimum atomic E-state index is -0.737. The Bertz CT molecular complexity index is 1200. The van der Waals surface area contributed by atoms with Crippen molar-refractivity contribution < 1.29 is 33.1 Å². The van der Waals surface area contributed by atoms with Crippen LogP contribution in [0.2, 0.25) is 0 Å². The minimum absolute atomic E-state index is 0.272. The third-order valence-corrected chi connectivity index (χ3v) is 4.93. The maximum absolute atomic E-state index is 12.0. The van der Waals surface area contributed by atoms with Gasteiger partial charge < -0.3 is 23.3 Å². The molecule has 0 unspecified atom stereocenters. The number of methoxy groups -OCH3 is 1. The van der Waals surface area contributed by atoms with Crippen LogP contribution in [-0.2, 0) is 28.0 Å². The van der Waals surface area contributed by atoms with Gasteiger partial charge in [-0.2, -0.15) is 0 Å². The van der Waals surface area contributed by atoms with Gasteiger partial charge in [0.15, 0.2) is 18.1 Å². The van der Waals surface area contributed by atoms with Gasteiger partial charge in [0, 0.05) is 19.3 Å². The predicted octanol–water partition coefficient (Wildman–Crippen LogP) is 2.73. The Morgan fingerprint density at radius 2 is 1.97 bits per heavy atom. The van der Waals surface area contributed by atoms with E-state index in [0.717, 1.165) is 11.3 Å². The molecule has 1 N–H and O–H groups in total. The molecule has 2 heterocycles. The molecule has 0 saturated heterocycles. The lowest BCUT2D eigenvalue weighted by atomic mass is 10.2. The molecule has 2 aromatic heterocycles. The molecule has 0 spiro atoms. The van der Waals surface area contributed by atoms with Crippen LogP contribution in [0.1, 0.15) is 33.1 Å². The van der Waals surface area contributed by atoms with Crippen molar-refractivity contribution in [3.63, 3.8) is 0 Å². The third kappa shape index (κ3) is 6.12. The summed E-state index contributed by atoms with van der Waals surface area (Å²) in [6.07, 6.45) is 4.36. The number of carbonyl (C=O) groups excluding carboxylic acids is 3. The first-order chi connectivity index (χ1) is 16.3. The van der Waals surface area contributed by atoms with Crippen LogP contribution in [0.15, 0.2) is 47.1 Å². The van der Waals surface area contributed by atoms with Crippen LogP contribution >= 0.6 is 0 Å². The predicted molar refractivity (Wildman–Crippen MR) is 121 cm³/mol. The maximum Gasteiger partial charge on any atom is 0.331 e. The molecule has 0 aliphatic heterocycles. The summed E-state index contributed by atoms with van der Waals surface area (Å²) >= 11 is 0. The van der Waals surface area contributed by atoms with Gasteiger partial charge in [-0.25, -0.2) is 4.79 Å². The molecular weight excluding hydrogens is 442 g/mol. The Kier molecular flexibility index (Phi) is 7.86. The highest BCUT2D eigenvalue weighted by atomic mass is 16.5. The summed E-state index contributed by atoms with van der Waals surface area (Å²) in [7, 11) is 3.19. The van der Waals surface area contributed by atoms with Crippen molar-refractivity contribution in [1.82, 2.24) is 15.0 Å². The average molecular weight is 467 g/mol. The highest BCUT2D eigenvalue weighted by Crippen LogP contribution is 2.30. The fraction of sp³-hybridized carbons (Fsp3) is 0.250. The second-order valence-corrected chi connectivity index (χ2v) is 7.32. The molecule has 3 rings (SSSR count). The smallest absolute Gasteiger partial charge is 0.331 e. The van der Waals surface area contributed by atoms with E-state index in [2.05, 4.69) is 10.5 Å². The second-order valence-electron chi connectivity index (χ2n) is 7.32. The number of hydrogen-bond acceptors (Lipinski definition) is 8. The largest absolute Gasteiger partial charge is 0.493 e. The van der Waals surface area contributed by atoms with E-state index >= 15 is 0 Å². The molecule has 0 fully saturated rings. The van der Waals surface area contributed by atoms with Crippen LogP contribution < -0.4 is 14.8 Å². The summed E-state index contributed by atoms with van der Waals surface area (Å²) < 4.78 is 22.8. The first-order valence-corrected chi connectivity index (χ1v) is 10.3. The number of nitrogens with zero attached hydrogens (tertiary/aromatic N) is 2. The van der Waals surface area contributed by atoms with Crippen LogP contribution in [0, 0.1) is 13.8 Å². The van der Waals surface area contributed by atoms with E-state index in [9.17, 15) is 14.4 Å². The number of amides is 2. The lowest BCUT2D eigenvalue weighted by Crippen LogP contribution is -2.34. The van der Waals surface area contributed by atoms with Gasteiger partial charge in [-0.15, -0.1) is 0 Å². The van der Waals surface area contributed by atoms with Crippen LogP contribution in [0.3, 0.4) is 0 Å². The van der Waals surface area contributed by atoms with Crippen molar-refractivity contribution in [2.45, 2.75) is 20.5 Å². The van der Waals surface area contributed by atoms with Gasteiger partial charge in [0.1, 0.15) is 18.1 Å². The van der Waals surface area contributed by atoms with Crippen LogP contribution in [0.25, 0.3) is 6.08 Å². The normalized spacial score (nSPS) is 10.8. The summed E-state index contributed by atoms with van der Waals surface area (Å²) in [5, 5.41) is 6.06. The van der Waals surface area contributed by atoms with E-state index < -0.39 is 24.4 Å². The lowest BCUT2D eigenvalue weighted by molar-refractivity contribution is -0.143. The monoisotopic (exact) mass is 467 g/mol. The topological polar surface area (TPSA) is 122 Å². The zero-order valence-electron chi connectivity index (χ0n) is 19.3. The van der Waals surface area contributed by atoms with Crippen molar-refractivity contribution in [3.05, 3.63) is 70.9 Å². The molecule has 2 amide bonds. The number of rotatable bonds is 9. The fourth-order valence-corrected chi connectivity index (χ4v) is 3.04. The summed E-state index contributed by atoms with van der Waals surface area (Å²) in [5.41, 5.74) is 2.59. The number of esters is 1. The molecule has 0 atom stereocenters. The summed E-state index contributed by atoms with van der Waals surface area (Å²) in [6, 6.07) is 8.39. The van der Waals surface area contributed by atoms with Gasteiger partial charge in [-0.05, 0) is 49.8 Å². The molecule has 3 aromatic rings. The van der Waals surface area contributed by atoms with E-state index in [1.165, 1.54) is 19.3 Å². The Hall–Kier alpha value is -4.34. The lowest BCUT2D eigenvalue weighted by Gasteiger charge is -2.11. The summed E-state index contributed by atoms with van der Waals surface area (Å²) in [6.45, 7) is 3.34. The molecule has 0 saturated carbocycles. The number of aryl methyl sites for hydroxylation is 3. The third-order valence-electron chi connectivity index (χ3n) is 4.93. The molecule has 0 radical (unpaired) electrons. The maximum atomic E-state index is 12.0. The molecule has 0 aliphatic rings. The molecule has 10 heteroatoms. The molecule has 1 aromatic carbocycles. The number of ether oxygens (including phenoxy) is 3. The van der Waals surface area contributed by atoms with E-state index in [-0.39, 0.29) is 6.61 Å². The van der Waals surface area contributed by atoms with Crippen LogP contribution in [-0.4, -0.2) is 41.2 Å². The highest BCUT2D eigenvalue weighted by Gasteiger charge is 2.14. The number of nitrogens with one attached hydrogen (secondary N) is 1. The Morgan fingerprint density at radius 3 is 2.62 bits per heavy atom. The SMILES string of the molecule is COc1cc(/C=C/C(=O)OCC(=O)NC(=O)c2cccn2C)ccc1OCc1c(C)noc1C. The molecule has 0 aliphatic carbocycles. The van der Waals surface area contributed by atoms with Gasteiger partial charge in [0.05, 0.1) is 18.4 Å².